The van der Waals surface area contributed by atoms with E-state index in [0.29, 0.717) is 27.8 Å². The van der Waals surface area contributed by atoms with Crippen LogP contribution in [0.1, 0.15) is 13.8 Å². The van der Waals surface area contributed by atoms with Crippen molar-refractivity contribution in [1.82, 2.24) is 5.16 Å². The lowest BCUT2D eigenvalue weighted by Crippen LogP contribution is -2.11. The van der Waals surface area contributed by atoms with Crippen LogP contribution in [-0.2, 0) is 10.0 Å². The summed E-state index contributed by atoms with van der Waals surface area (Å²) in [5, 5.41) is 9.63. The molecule has 0 saturated carbocycles. The molecular formula is C18H17ClN2O4S. The molecule has 8 heteroatoms. The van der Waals surface area contributed by atoms with E-state index in [9.17, 15) is 8.42 Å². The molecule has 3 aromatic rings. The average Bonchev–Trinajstić information content (AvgIpc) is 3.06. The van der Waals surface area contributed by atoms with Crippen molar-refractivity contribution in [1.29, 1.82) is 0 Å². The number of nitrogens with zero attached hydrogens (tertiary/aromatic N) is 1. The van der Waals surface area contributed by atoms with Gasteiger partial charge >= 0.3 is 0 Å². The molecule has 1 heterocycles. The van der Waals surface area contributed by atoms with E-state index in [0.717, 1.165) is 5.56 Å². The molecular weight excluding hydrogens is 376 g/mol. The fourth-order valence-electron chi connectivity index (χ4n) is 2.37. The molecule has 0 atom stereocenters. The van der Waals surface area contributed by atoms with Gasteiger partial charge in [-0.05, 0) is 56.3 Å². The average molecular weight is 393 g/mol. The standard InChI is InChI=1S/C18H17ClN2O4S/c1-11(2)24-17-8-5-13(9-15(17)19)16-10-18(25-21-16)12-3-6-14(7-4-12)26(20,22)23/h3-11H,1-2H3,(H2,20,22,23). The van der Waals surface area contributed by atoms with Crippen molar-refractivity contribution in [2.75, 3.05) is 0 Å². The van der Waals surface area contributed by atoms with Crippen LogP contribution in [0, 0.1) is 0 Å². The second-order valence-corrected chi connectivity index (χ2v) is 7.93. The third-order valence-electron chi connectivity index (χ3n) is 3.57. The summed E-state index contributed by atoms with van der Waals surface area (Å²) in [6, 6.07) is 13.2. The number of ether oxygens (including phenoxy) is 1. The lowest BCUT2D eigenvalue weighted by molar-refractivity contribution is 0.242. The summed E-state index contributed by atoms with van der Waals surface area (Å²) in [4.78, 5) is 0.0357. The highest BCUT2D eigenvalue weighted by atomic mass is 35.5. The van der Waals surface area contributed by atoms with E-state index >= 15 is 0 Å². The molecule has 1 aromatic heterocycles. The molecule has 2 N–H and O–H groups in total. The molecule has 0 aliphatic heterocycles. The van der Waals surface area contributed by atoms with Gasteiger partial charge in [0.15, 0.2) is 5.76 Å². The monoisotopic (exact) mass is 392 g/mol. The summed E-state index contributed by atoms with van der Waals surface area (Å²) in [5.74, 6) is 1.10. The first-order valence-electron chi connectivity index (χ1n) is 7.80. The largest absolute Gasteiger partial charge is 0.489 e. The zero-order chi connectivity index (χ0) is 18.9. The Bertz CT molecular complexity index is 1030. The Morgan fingerprint density at radius 1 is 1.08 bits per heavy atom. The van der Waals surface area contributed by atoms with E-state index < -0.39 is 10.0 Å². The fourth-order valence-corrected chi connectivity index (χ4v) is 3.11. The maximum Gasteiger partial charge on any atom is 0.238 e. The molecule has 3 rings (SSSR count). The Kier molecular flexibility index (Phi) is 5.04. The van der Waals surface area contributed by atoms with Gasteiger partial charge in [-0.1, -0.05) is 16.8 Å². The molecule has 0 fully saturated rings. The predicted molar refractivity (Wildman–Crippen MR) is 99.5 cm³/mol. The van der Waals surface area contributed by atoms with Crippen LogP contribution in [0.25, 0.3) is 22.6 Å². The Balaban J connectivity index is 1.87. The number of hydrogen-bond donors (Lipinski definition) is 1. The topological polar surface area (TPSA) is 95.4 Å². The van der Waals surface area contributed by atoms with Gasteiger partial charge < -0.3 is 9.26 Å². The van der Waals surface area contributed by atoms with Gasteiger partial charge in [0.2, 0.25) is 10.0 Å². The quantitative estimate of drug-likeness (QED) is 0.705. The van der Waals surface area contributed by atoms with Crippen molar-refractivity contribution in [3.05, 3.63) is 53.6 Å². The summed E-state index contributed by atoms with van der Waals surface area (Å²) in [5.41, 5.74) is 2.07. The summed E-state index contributed by atoms with van der Waals surface area (Å²) in [6.07, 6.45) is 0.0253. The fraction of sp³-hybridized carbons (Fsp3) is 0.167. The van der Waals surface area contributed by atoms with E-state index in [1.54, 1.807) is 30.3 Å². The molecule has 2 aromatic carbocycles. The van der Waals surface area contributed by atoms with Crippen LogP contribution in [0.2, 0.25) is 5.02 Å². The Morgan fingerprint density at radius 2 is 1.73 bits per heavy atom. The van der Waals surface area contributed by atoms with Crippen molar-refractivity contribution < 1.29 is 17.7 Å². The maximum atomic E-state index is 11.3. The van der Waals surface area contributed by atoms with Crippen molar-refractivity contribution >= 4 is 21.6 Å². The van der Waals surface area contributed by atoms with Gasteiger partial charge in [0.05, 0.1) is 16.0 Å². The minimum absolute atomic E-state index is 0.0253. The molecule has 0 saturated heterocycles. The molecule has 6 nitrogen and oxygen atoms in total. The number of halogens is 1. The van der Waals surface area contributed by atoms with Gasteiger partial charge in [-0.3, -0.25) is 0 Å². The van der Waals surface area contributed by atoms with Crippen molar-refractivity contribution in [2.24, 2.45) is 5.14 Å². The molecule has 136 valence electrons. The summed E-state index contributed by atoms with van der Waals surface area (Å²) < 4.78 is 33.6. The van der Waals surface area contributed by atoms with Crippen LogP contribution < -0.4 is 9.88 Å². The summed E-state index contributed by atoms with van der Waals surface area (Å²) in [7, 11) is -3.73. The Hall–Kier alpha value is -2.35. The van der Waals surface area contributed by atoms with Gasteiger partial charge in [0.25, 0.3) is 0 Å². The number of benzene rings is 2. The van der Waals surface area contributed by atoms with Crippen LogP contribution in [-0.4, -0.2) is 19.7 Å². The van der Waals surface area contributed by atoms with Crippen LogP contribution in [0.15, 0.2) is 57.9 Å². The van der Waals surface area contributed by atoms with Gasteiger partial charge in [0, 0.05) is 17.2 Å². The van der Waals surface area contributed by atoms with Crippen LogP contribution in [0.5, 0.6) is 5.75 Å². The number of rotatable bonds is 5. The molecule has 0 spiro atoms. The number of sulfonamides is 1. The maximum absolute atomic E-state index is 11.3. The van der Waals surface area contributed by atoms with Gasteiger partial charge in [-0.25, -0.2) is 13.6 Å². The van der Waals surface area contributed by atoms with E-state index in [-0.39, 0.29) is 11.0 Å². The lowest BCUT2D eigenvalue weighted by Gasteiger charge is -2.11. The zero-order valence-electron chi connectivity index (χ0n) is 14.1. The first-order chi connectivity index (χ1) is 12.2. The number of nitrogens with two attached hydrogens (primary N) is 1. The Morgan fingerprint density at radius 3 is 2.31 bits per heavy atom. The number of hydrogen-bond acceptors (Lipinski definition) is 5. The third kappa shape index (κ3) is 4.07. The number of primary sulfonamides is 1. The minimum Gasteiger partial charge on any atom is -0.489 e. The number of aromatic nitrogens is 1. The van der Waals surface area contributed by atoms with Crippen molar-refractivity contribution in [3.8, 4) is 28.3 Å². The van der Waals surface area contributed by atoms with Crippen molar-refractivity contribution in [3.63, 3.8) is 0 Å². The zero-order valence-corrected chi connectivity index (χ0v) is 15.7. The second kappa shape index (κ2) is 7.11. The highest BCUT2D eigenvalue weighted by molar-refractivity contribution is 7.89. The van der Waals surface area contributed by atoms with Crippen molar-refractivity contribution in [2.45, 2.75) is 24.8 Å². The van der Waals surface area contributed by atoms with E-state index in [1.165, 1.54) is 12.1 Å². The molecule has 0 bridgehead atoms. The Labute approximate surface area is 156 Å². The predicted octanol–water partition coefficient (Wildman–Crippen LogP) is 4.10. The van der Waals surface area contributed by atoms with Gasteiger partial charge in [0.1, 0.15) is 11.4 Å². The molecule has 26 heavy (non-hydrogen) atoms. The van der Waals surface area contributed by atoms with E-state index in [4.69, 9.17) is 26.0 Å². The third-order valence-corrected chi connectivity index (χ3v) is 4.79. The van der Waals surface area contributed by atoms with E-state index in [1.807, 2.05) is 19.9 Å². The first-order valence-corrected chi connectivity index (χ1v) is 9.73. The summed E-state index contributed by atoms with van der Waals surface area (Å²) in [6.45, 7) is 3.85. The normalized spacial score (nSPS) is 11.7. The first kappa shape index (κ1) is 18.4. The van der Waals surface area contributed by atoms with Crippen LogP contribution in [0.3, 0.4) is 0 Å². The SMILES string of the molecule is CC(C)Oc1ccc(-c2cc(-c3ccc(S(N)(=O)=O)cc3)on2)cc1Cl. The second-order valence-electron chi connectivity index (χ2n) is 5.96. The highest BCUT2D eigenvalue weighted by Gasteiger charge is 2.13. The smallest absolute Gasteiger partial charge is 0.238 e. The van der Waals surface area contributed by atoms with Gasteiger partial charge in [-0.15, -0.1) is 0 Å². The molecule has 0 unspecified atom stereocenters. The van der Waals surface area contributed by atoms with Crippen LogP contribution in [0.4, 0.5) is 0 Å². The molecule has 0 radical (unpaired) electrons. The summed E-state index contributed by atoms with van der Waals surface area (Å²) >= 11 is 6.26. The minimum atomic E-state index is -3.73. The van der Waals surface area contributed by atoms with Gasteiger partial charge in [-0.2, -0.15) is 0 Å². The molecule has 0 aliphatic rings. The highest BCUT2D eigenvalue weighted by Crippen LogP contribution is 2.32. The lowest BCUT2D eigenvalue weighted by atomic mass is 10.1. The van der Waals surface area contributed by atoms with Crippen LogP contribution >= 0.6 is 11.6 Å². The molecule has 0 amide bonds. The molecule has 0 aliphatic carbocycles. The van der Waals surface area contributed by atoms with E-state index in [2.05, 4.69) is 5.16 Å².